The summed E-state index contributed by atoms with van der Waals surface area (Å²) in [6.07, 6.45) is 5.15. The second-order valence-electron chi connectivity index (χ2n) is 3.45. The largest absolute Gasteiger partial charge is 0.328 e. The van der Waals surface area contributed by atoms with Crippen molar-refractivity contribution in [3.63, 3.8) is 0 Å². The summed E-state index contributed by atoms with van der Waals surface area (Å²) in [7, 11) is 0. The maximum Gasteiger partial charge on any atom is 0.110 e. The van der Waals surface area contributed by atoms with Crippen LogP contribution in [0.2, 0.25) is 0 Å². The molecule has 0 aliphatic rings. The molecule has 15 heavy (non-hydrogen) atoms. The Kier molecular flexibility index (Phi) is 6.29. The maximum atomic E-state index is 5.85. The molecule has 1 unspecified atom stereocenters. The van der Waals surface area contributed by atoms with Crippen LogP contribution in [0.25, 0.3) is 0 Å². The van der Waals surface area contributed by atoms with Gasteiger partial charge in [0, 0.05) is 16.7 Å². The minimum absolute atomic E-state index is 0.359. The Morgan fingerprint density at radius 1 is 1.60 bits per heavy atom. The van der Waals surface area contributed by atoms with Crippen molar-refractivity contribution in [2.45, 2.75) is 37.3 Å². The Balaban J connectivity index is 2.23. The average Bonchev–Trinajstić information content (AvgIpc) is 2.26. The van der Waals surface area contributed by atoms with E-state index in [0.29, 0.717) is 6.04 Å². The number of nitrogens with zero attached hydrogens (tertiary/aromatic N) is 1. The van der Waals surface area contributed by atoms with Gasteiger partial charge in [-0.1, -0.05) is 6.92 Å². The molecular weight excluding hydrogens is 272 g/mol. The van der Waals surface area contributed by atoms with Crippen molar-refractivity contribution in [3.05, 3.63) is 22.8 Å². The van der Waals surface area contributed by atoms with Gasteiger partial charge in [-0.05, 0) is 53.1 Å². The van der Waals surface area contributed by atoms with Gasteiger partial charge >= 0.3 is 0 Å². The number of hydrogen-bond acceptors (Lipinski definition) is 3. The molecule has 0 aliphatic heterocycles. The number of pyridine rings is 1. The smallest absolute Gasteiger partial charge is 0.110 e. The summed E-state index contributed by atoms with van der Waals surface area (Å²) in [5, 5.41) is 1.07. The van der Waals surface area contributed by atoms with Gasteiger partial charge in [-0.2, -0.15) is 0 Å². The topological polar surface area (TPSA) is 38.9 Å². The Morgan fingerprint density at radius 3 is 3.07 bits per heavy atom. The van der Waals surface area contributed by atoms with Crippen molar-refractivity contribution in [1.82, 2.24) is 4.98 Å². The first kappa shape index (κ1) is 13.0. The Labute approximate surface area is 104 Å². The van der Waals surface area contributed by atoms with Crippen molar-refractivity contribution in [3.8, 4) is 0 Å². The van der Waals surface area contributed by atoms with Gasteiger partial charge in [-0.25, -0.2) is 4.98 Å². The molecule has 0 fully saturated rings. The summed E-state index contributed by atoms with van der Waals surface area (Å²) in [5.41, 5.74) is 5.85. The zero-order valence-electron chi connectivity index (χ0n) is 8.95. The summed E-state index contributed by atoms with van der Waals surface area (Å²) < 4.78 is 1.08. The van der Waals surface area contributed by atoms with E-state index in [0.717, 1.165) is 34.5 Å². The third kappa shape index (κ3) is 5.00. The highest BCUT2D eigenvalue weighted by Gasteiger charge is 2.02. The van der Waals surface area contributed by atoms with Gasteiger partial charge < -0.3 is 5.73 Å². The first-order valence-electron chi connectivity index (χ1n) is 5.23. The van der Waals surface area contributed by atoms with Gasteiger partial charge in [0.15, 0.2) is 0 Å². The fourth-order valence-corrected chi connectivity index (χ4v) is 2.64. The highest BCUT2D eigenvalue weighted by Crippen LogP contribution is 2.25. The Morgan fingerprint density at radius 2 is 2.40 bits per heavy atom. The zero-order valence-corrected chi connectivity index (χ0v) is 11.4. The summed E-state index contributed by atoms with van der Waals surface area (Å²) >= 11 is 5.27. The van der Waals surface area contributed by atoms with Crippen LogP contribution in [-0.2, 0) is 0 Å². The molecule has 2 N–H and O–H groups in total. The standard InChI is InChI=1S/C11H17BrN2S/c1-2-9(13)5-4-8-15-11-10(12)6-3-7-14-11/h3,6-7,9H,2,4-5,8,13H2,1H3. The van der Waals surface area contributed by atoms with E-state index in [4.69, 9.17) is 5.73 Å². The molecule has 0 aromatic carbocycles. The lowest BCUT2D eigenvalue weighted by Gasteiger charge is -2.07. The fraction of sp³-hybridized carbons (Fsp3) is 0.545. The number of thioether (sulfide) groups is 1. The summed E-state index contributed by atoms with van der Waals surface area (Å²) in [6, 6.07) is 4.31. The van der Waals surface area contributed by atoms with Gasteiger partial charge in [0.05, 0.1) is 0 Å². The molecule has 1 rings (SSSR count). The van der Waals surface area contributed by atoms with E-state index in [1.807, 2.05) is 18.3 Å². The molecule has 0 saturated heterocycles. The predicted molar refractivity (Wildman–Crippen MR) is 70.2 cm³/mol. The Hall–Kier alpha value is -0.0600. The van der Waals surface area contributed by atoms with Gasteiger partial charge in [-0.3, -0.25) is 0 Å². The maximum absolute atomic E-state index is 5.85. The Bertz CT molecular complexity index is 294. The van der Waals surface area contributed by atoms with Crippen LogP contribution in [0.1, 0.15) is 26.2 Å². The van der Waals surface area contributed by atoms with Crippen LogP contribution in [0.15, 0.2) is 27.8 Å². The minimum Gasteiger partial charge on any atom is -0.328 e. The normalized spacial score (nSPS) is 12.7. The molecular formula is C11H17BrN2S. The van der Waals surface area contributed by atoms with E-state index < -0.39 is 0 Å². The number of halogens is 1. The molecule has 4 heteroatoms. The van der Waals surface area contributed by atoms with E-state index >= 15 is 0 Å². The first-order valence-corrected chi connectivity index (χ1v) is 7.00. The highest BCUT2D eigenvalue weighted by molar-refractivity contribution is 9.10. The van der Waals surface area contributed by atoms with E-state index in [-0.39, 0.29) is 0 Å². The van der Waals surface area contributed by atoms with Crippen LogP contribution < -0.4 is 5.73 Å². The molecule has 84 valence electrons. The van der Waals surface area contributed by atoms with Crippen molar-refractivity contribution >= 4 is 27.7 Å². The molecule has 1 atom stereocenters. The van der Waals surface area contributed by atoms with Gasteiger partial charge in [0.25, 0.3) is 0 Å². The van der Waals surface area contributed by atoms with E-state index in [2.05, 4.69) is 27.8 Å². The van der Waals surface area contributed by atoms with Crippen molar-refractivity contribution in [1.29, 1.82) is 0 Å². The fourth-order valence-electron chi connectivity index (χ4n) is 1.20. The van der Waals surface area contributed by atoms with Gasteiger partial charge in [-0.15, -0.1) is 11.8 Å². The van der Waals surface area contributed by atoms with Gasteiger partial charge in [0.2, 0.25) is 0 Å². The lowest BCUT2D eigenvalue weighted by atomic mass is 10.1. The molecule has 0 bridgehead atoms. The molecule has 1 aromatic rings. The predicted octanol–water partition coefficient (Wildman–Crippen LogP) is 3.45. The molecule has 0 saturated carbocycles. The number of rotatable bonds is 6. The average molecular weight is 289 g/mol. The number of nitrogens with two attached hydrogens (primary N) is 1. The summed E-state index contributed by atoms with van der Waals surface area (Å²) in [4.78, 5) is 4.30. The number of aromatic nitrogens is 1. The third-order valence-corrected chi connectivity index (χ3v) is 4.20. The van der Waals surface area contributed by atoms with Gasteiger partial charge in [0.1, 0.15) is 5.03 Å². The lowest BCUT2D eigenvalue weighted by molar-refractivity contribution is 0.589. The molecule has 0 radical (unpaired) electrons. The highest BCUT2D eigenvalue weighted by atomic mass is 79.9. The quantitative estimate of drug-likeness (QED) is 0.644. The monoisotopic (exact) mass is 288 g/mol. The zero-order chi connectivity index (χ0) is 11.1. The van der Waals surface area contributed by atoms with Crippen LogP contribution in [-0.4, -0.2) is 16.8 Å². The second-order valence-corrected chi connectivity index (χ2v) is 5.39. The first-order chi connectivity index (χ1) is 7.24. The molecule has 0 aliphatic carbocycles. The molecule has 2 nitrogen and oxygen atoms in total. The van der Waals surface area contributed by atoms with E-state index in [1.54, 1.807) is 11.8 Å². The van der Waals surface area contributed by atoms with Crippen LogP contribution in [0.3, 0.4) is 0 Å². The number of hydrogen-bond donors (Lipinski definition) is 1. The van der Waals surface area contributed by atoms with Crippen molar-refractivity contribution < 1.29 is 0 Å². The third-order valence-electron chi connectivity index (χ3n) is 2.21. The van der Waals surface area contributed by atoms with E-state index in [9.17, 15) is 0 Å². The van der Waals surface area contributed by atoms with Crippen molar-refractivity contribution in [2.75, 3.05) is 5.75 Å². The molecule has 1 aromatic heterocycles. The van der Waals surface area contributed by atoms with Crippen LogP contribution in [0.4, 0.5) is 0 Å². The van der Waals surface area contributed by atoms with E-state index in [1.165, 1.54) is 0 Å². The summed E-state index contributed by atoms with van der Waals surface area (Å²) in [5.74, 6) is 1.09. The van der Waals surface area contributed by atoms with Crippen molar-refractivity contribution in [2.24, 2.45) is 5.73 Å². The molecule has 1 heterocycles. The van der Waals surface area contributed by atoms with Crippen LogP contribution in [0, 0.1) is 0 Å². The lowest BCUT2D eigenvalue weighted by Crippen LogP contribution is -2.18. The molecule has 0 amide bonds. The van der Waals surface area contributed by atoms with Crippen LogP contribution >= 0.6 is 27.7 Å². The van der Waals surface area contributed by atoms with Crippen LogP contribution in [0.5, 0.6) is 0 Å². The minimum atomic E-state index is 0.359. The second kappa shape index (κ2) is 7.25. The molecule has 0 spiro atoms. The SMILES string of the molecule is CCC(N)CCCSc1ncccc1Br. The summed E-state index contributed by atoms with van der Waals surface area (Å²) in [6.45, 7) is 2.13.